The number of aryl methyl sites for hydroxylation is 1. The first kappa shape index (κ1) is 16.5. The Kier molecular flexibility index (Phi) is 5.92. The lowest BCUT2D eigenvalue weighted by atomic mass is 10.2. The number of nitrogens with zero attached hydrogens (tertiary/aromatic N) is 5. The van der Waals surface area contributed by atoms with Gasteiger partial charge in [-0.2, -0.15) is 5.26 Å². The number of carbonyl (C=O) groups excluding carboxylic acids is 1. The van der Waals surface area contributed by atoms with E-state index in [9.17, 15) is 4.79 Å². The lowest BCUT2D eigenvalue weighted by Crippen LogP contribution is -2.49. The number of nitriles is 1. The fourth-order valence-electron chi connectivity index (χ4n) is 2.47. The summed E-state index contributed by atoms with van der Waals surface area (Å²) in [6, 6.07) is 4.02. The number of hydrogen-bond acceptors (Lipinski definition) is 6. The van der Waals surface area contributed by atoms with Crippen molar-refractivity contribution in [2.75, 3.05) is 46.3 Å². The van der Waals surface area contributed by atoms with Crippen LogP contribution in [0.5, 0.6) is 0 Å². The van der Waals surface area contributed by atoms with E-state index < -0.39 is 0 Å². The van der Waals surface area contributed by atoms with Crippen LogP contribution in [-0.4, -0.2) is 72.1 Å². The summed E-state index contributed by atoms with van der Waals surface area (Å²) in [7, 11) is 1.75. The molecule has 1 aliphatic heterocycles. The van der Waals surface area contributed by atoms with E-state index in [1.807, 2.05) is 13.0 Å². The molecule has 0 saturated carbocycles. The van der Waals surface area contributed by atoms with E-state index in [2.05, 4.69) is 21.0 Å². The van der Waals surface area contributed by atoms with Gasteiger partial charge in [-0.05, 0) is 6.92 Å². The standard InChI is InChI=1S/C15H23N5O2/c1-13-10-14(22-17-13)11-19-6-8-20(9-7-19)12-15(21)18(2)5-3-4-16/h10H,3,5-9,11-12H2,1-2H3. The van der Waals surface area contributed by atoms with Gasteiger partial charge >= 0.3 is 0 Å². The fraction of sp³-hybridized carbons (Fsp3) is 0.667. The highest BCUT2D eigenvalue weighted by atomic mass is 16.5. The van der Waals surface area contributed by atoms with Crippen LogP contribution in [-0.2, 0) is 11.3 Å². The highest BCUT2D eigenvalue weighted by Gasteiger charge is 2.21. The van der Waals surface area contributed by atoms with E-state index in [0.717, 1.165) is 44.2 Å². The molecule has 7 nitrogen and oxygen atoms in total. The SMILES string of the molecule is Cc1cc(CN2CCN(CC(=O)N(C)CCC#N)CC2)on1. The smallest absolute Gasteiger partial charge is 0.236 e. The van der Waals surface area contributed by atoms with Gasteiger partial charge in [-0.3, -0.25) is 14.6 Å². The molecule has 0 aromatic carbocycles. The molecule has 0 spiro atoms. The van der Waals surface area contributed by atoms with Crippen molar-refractivity contribution in [2.45, 2.75) is 19.9 Å². The number of carbonyl (C=O) groups is 1. The summed E-state index contributed by atoms with van der Waals surface area (Å²) in [5, 5.41) is 12.4. The molecule has 0 atom stereocenters. The Morgan fingerprint density at radius 2 is 2.09 bits per heavy atom. The first-order valence-corrected chi connectivity index (χ1v) is 7.56. The lowest BCUT2D eigenvalue weighted by Gasteiger charge is -2.34. The van der Waals surface area contributed by atoms with Crippen LogP contribution in [0.4, 0.5) is 0 Å². The quantitative estimate of drug-likeness (QED) is 0.760. The number of amides is 1. The Morgan fingerprint density at radius 3 is 2.68 bits per heavy atom. The zero-order chi connectivity index (χ0) is 15.9. The number of hydrogen-bond donors (Lipinski definition) is 0. The van der Waals surface area contributed by atoms with Gasteiger partial charge in [0.1, 0.15) is 0 Å². The van der Waals surface area contributed by atoms with Crippen molar-refractivity contribution >= 4 is 5.91 Å². The van der Waals surface area contributed by atoms with Crippen molar-refractivity contribution in [1.29, 1.82) is 5.26 Å². The summed E-state index contributed by atoms with van der Waals surface area (Å²) >= 11 is 0. The van der Waals surface area contributed by atoms with Crippen LogP contribution < -0.4 is 0 Å². The average molecular weight is 305 g/mol. The van der Waals surface area contributed by atoms with Gasteiger partial charge in [0.15, 0.2) is 5.76 Å². The maximum atomic E-state index is 12.0. The zero-order valence-electron chi connectivity index (χ0n) is 13.3. The van der Waals surface area contributed by atoms with Crippen LogP contribution >= 0.6 is 0 Å². The number of aromatic nitrogens is 1. The maximum Gasteiger partial charge on any atom is 0.236 e. The molecule has 7 heteroatoms. The summed E-state index contributed by atoms with van der Waals surface area (Å²) in [5.41, 5.74) is 0.902. The van der Waals surface area contributed by atoms with Gasteiger partial charge in [0.25, 0.3) is 0 Å². The van der Waals surface area contributed by atoms with Gasteiger partial charge in [-0.15, -0.1) is 0 Å². The zero-order valence-corrected chi connectivity index (χ0v) is 13.3. The second-order valence-electron chi connectivity index (χ2n) is 5.71. The van der Waals surface area contributed by atoms with Crippen LogP contribution in [0.3, 0.4) is 0 Å². The van der Waals surface area contributed by atoms with Gasteiger partial charge in [-0.25, -0.2) is 0 Å². The molecule has 1 saturated heterocycles. The number of piperazine rings is 1. The fourth-order valence-corrected chi connectivity index (χ4v) is 2.47. The van der Waals surface area contributed by atoms with E-state index in [4.69, 9.17) is 9.78 Å². The van der Waals surface area contributed by atoms with E-state index in [1.165, 1.54) is 0 Å². The van der Waals surface area contributed by atoms with Crippen molar-refractivity contribution in [1.82, 2.24) is 19.9 Å². The Morgan fingerprint density at radius 1 is 1.41 bits per heavy atom. The monoisotopic (exact) mass is 305 g/mol. The van der Waals surface area contributed by atoms with Crippen molar-refractivity contribution in [3.63, 3.8) is 0 Å². The predicted octanol–water partition coefficient (Wildman–Crippen LogP) is 0.473. The van der Waals surface area contributed by atoms with Crippen LogP contribution in [0.25, 0.3) is 0 Å². The minimum Gasteiger partial charge on any atom is -0.360 e. The summed E-state index contributed by atoms with van der Waals surface area (Å²) in [4.78, 5) is 18.1. The molecule has 1 aliphatic rings. The molecule has 2 rings (SSSR count). The summed E-state index contributed by atoms with van der Waals surface area (Å²) in [6.45, 7) is 7.17. The van der Waals surface area contributed by atoms with Crippen LogP contribution in [0.2, 0.25) is 0 Å². The first-order chi connectivity index (χ1) is 10.6. The third-order valence-corrected chi connectivity index (χ3v) is 3.86. The largest absolute Gasteiger partial charge is 0.360 e. The third kappa shape index (κ3) is 4.83. The highest BCUT2D eigenvalue weighted by molar-refractivity contribution is 5.78. The molecular weight excluding hydrogens is 282 g/mol. The Balaban J connectivity index is 1.70. The molecule has 1 aromatic rings. The van der Waals surface area contributed by atoms with Gasteiger partial charge in [0, 0.05) is 45.8 Å². The van der Waals surface area contributed by atoms with Gasteiger partial charge in [0.05, 0.1) is 31.3 Å². The molecular formula is C15H23N5O2. The van der Waals surface area contributed by atoms with Crippen molar-refractivity contribution in [2.24, 2.45) is 0 Å². The van der Waals surface area contributed by atoms with E-state index >= 15 is 0 Å². The average Bonchev–Trinajstić information content (AvgIpc) is 2.91. The van der Waals surface area contributed by atoms with Crippen LogP contribution in [0.15, 0.2) is 10.6 Å². The molecule has 120 valence electrons. The van der Waals surface area contributed by atoms with Gasteiger partial charge in [-0.1, -0.05) is 5.16 Å². The van der Waals surface area contributed by atoms with E-state index in [1.54, 1.807) is 11.9 Å². The molecule has 1 amide bonds. The molecule has 0 bridgehead atoms. The summed E-state index contributed by atoms with van der Waals surface area (Å²) in [6.07, 6.45) is 0.382. The highest BCUT2D eigenvalue weighted by Crippen LogP contribution is 2.09. The van der Waals surface area contributed by atoms with Crippen LogP contribution in [0, 0.1) is 18.3 Å². The molecule has 0 unspecified atom stereocenters. The summed E-state index contributed by atoms with van der Waals surface area (Å²) in [5.74, 6) is 0.966. The molecule has 1 fully saturated rings. The van der Waals surface area contributed by atoms with Gasteiger partial charge < -0.3 is 9.42 Å². The Hall–Kier alpha value is -1.91. The molecule has 2 heterocycles. The first-order valence-electron chi connectivity index (χ1n) is 7.56. The normalized spacial score (nSPS) is 16.4. The Bertz CT molecular complexity index is 528. The molecule has 0 aliphatic carbocycles. The van der Waals surface area contributed by atoms with Crippen LogP contribution in [0.1, 0.15) is 17.9 Å². The van der Waals surface area contributed by atoms with E-state index in [0.29, 0.717) is 19.5 Å². The minimum absolute atomic E-state index is 0.0783. The van der Waals surface area contributed by atoms with Gasteiger partial charge in [0.2, 0.25) is 5.91 Å². The van der Waals surface area contributed by atoms with E-state index in [-0.39, 0.29) is 5.91 Å². The second-order valence-corrected chi connectivity index (χ2v) is 5.71. The second kappa shape index (κ2) is 7.92. The maximum absolute atomic E-state index is 12.0. The predicted molar refractivity (Wildman–Crippen MR) is 80.8 cm³/mol. The third-order valence-electron chi connectivity index (χ3n) is 3.86. The van der Waals surface area contributed by atoms with Crippen molar-refractivity contribution in [3.8, 4) is 6.07 Å². The number of rotatable bonds is 6. The van der Waals surface area contributed by atoms with Crippen molar-refractivity contribution < 1.29 is 9.32 Å². The molecule has 1 aromatic heterocycles. The summed E-state index contributed by atoms with van der Waals surface area (Å²) < 4.78 is 5.24. The Labute approximate surface area is 131 Å². The molecule has 0 N–H and O–H groups in total. The molecule has 22 heavy (non-hydrogen) atoms. The molecule has 0 radical (unpaired) electrons. The number of likely N-dealkylation sites (N-methyl/N-ethyl adjacent to an activating group) is 1. The van der Waals surface area contributed by atoms with Crippen molar-refractivity contribution in [3.05, 3.63) is 17.5 Å². The topological polar surface area (TPSA) is 76.6 Å². The minimum atomic E-state index is 0.0783. The lowest BCUT2D eigenvalue weighted by molar-refractivity contribution is -0.131.